The first kappa shape index (κ1) is 20.1. The number of hydrogen-bond acceptors (Lipinski definition) is 2. The highest BCUT2D eigenvalue weighted by atomic mass is 31.2. The molecule has 2 rings (SSSR count). The Morgan fingerprint density at radius 1 is 1.35 bits per heavy atom. The predicted octanol–water partition coefficient (Wildman–Crippen LogP) is 3.78. The second-order valence-electron chi connectivity index (χ2n) is 6.23. The zero-order valence-corrected chi connectivity index (χ0v) is 16.5. The summed E-state index contributed by atoms with van der Waals surface area (Å²) < 4.78 is 21.1. The monoisotopic (exact) mass is 374 g/mol. The highest BCUT2D eigenvalue weighted by molar-refractivity contribution is 7.57. The summed E-state index contributed by atoms with van der Waals surface area (Å²) in [6, 6.07) is 7.79. The molecule has 2 aromatic rings. The van der Waals surface area contributed by atoms with Crippen molar-refractivity contribution in [1.29, 1.82) is 0 Å². The van der Waals surface area contributed by atoms with Crippen LogP contribution in [0, 0.1) is 0 Å². The summed E-state index contributed by atoms with van der Waals surface area (Å²) in [4.78, 5) is 9.39. The maximum Gasteiger partial charge on any atom is 0.203 e. The molecule has 0 saturated heterocycles. The molecule has 0 radical (unpaired) electrons. The average molecular weight is 374 g/mol. The summed E-state index contributed by atoms with van der Waals surface area (Å²) in [5.41, 5.74) is 1.95. The molecule has 1 unspecified atom stereocenters. The van der Waals surface area contributed by atoms with Crippen molar-refractivity contribution < 1.29 is 23.0 Å². The van der Waals surface area contributed by atoms with E-state index in [0.29, 0.717) is 6.54 Å². The topological polar surface area (TPSA) is 57.3 Å². The standard InChI is InChI=1S/C20H26N2O3P/c1-5-17(9-12-21(3)6-2)19-7-8-20(25-19)18-10-13-22(14-11-18)15-16-26(4,23)24/h5,7-14H,3,6,15-16H2,1-2,4H3/q+1/p+1. The van der Waals surface area contributed by atoms with Crippen molar-refractivity contribution in [2.45, 2.75) is 20.4 Å². The van der Waals surface area contributed by atoms with Crippen LogP contribution in [0.1, 0.15) is 19.6 Å². The van der Waals surface area contributed by atoms with Gasteiger partial charge in [0, 0.05) is 36.0 Å². The van der Waals surface area contributed by atoms with Gasteiger partial charge in [-0.1, -0.05) is 6.08 Å². The molecule has 0 bridgehead atoms. The van der Waals surface area contributed by atoms with Crippen LogP contribution in [0.4, 0.5) is 0 Å². The van der Waals surface area contributed by atoms with Gasteiger partial charge < -0.3 is 9.31 Å². The second-order valence-corrected chi connectivity index (χ2v) is 8.78. The third-order valence-electron chi connectivity index (χ3n) is 4.02. The number of hydrogen-bond donors (Lipinski definition) is 1. The molecule has 5 nitrogen and oxygen atoms in total. The lowest BCUT2D eigenvalue weighted by atomic mass is 10.2. The van der Waals surface area contributed by atoms with E-state index >= 15 is 0 Å². The lowest BCUT2D eigenvalue weighted by molar-refractivity contribution is -0.692. The fourth-order valence-corrected chi connectivity index (χ4v) is 2.93. The number of allylic oxidation sites excluding steroid dienone is 3. The lowest BCUT2D eigenvalue weighted by Crippen LogP contribution is -2.34. The molecule has 26 heavy (non-hydrogen) atoms. The number of pyridine rings is 1. The molecule has 2 aromatic heterocycles. The van der Waals surface area contributed by atoms with E-state index in [2.05, 4.69) is 6.72 Å². The number of rotatable bonds is 8. The van der Waals surface area contributed by atoms with Crippen LogP contribution in [0.3, 0.4) is 0 Å². The van der Waals surface area contributed by atoms with Gasteiger partial charge in [-0.05, 0) is 26.0 Å². The van der Waals surface area contributed by atoms with Crippen LogP contribution in [0.25, 0.3) is 16.9 Å². The zero-order chi connectivity index (χ0) is 19.2. The molecular formula is C20H27N2O3P+2. The zero-order valence-electron chi connectivity index (χ0n) is 15.6. The van der Waals surface area contributed by atoms with Gasteiger partial charge in [-0.2, -0.15) is 0 Å². The normalized spacial score (nSPS) is 14.5. The molecule has 0 saturated carbocycles. The van der Waals surface area contributed by atoms with Crippen LogP contribution in [0.15, 0.2) is 59.4 Å². The van der Waals surface area contributed by atoms with Gasteiger partial charge in [-0.3, -0.25) is 4.57 Å². The van der Waals surface area contributed by atoms with Gasteiger partial charge in [-0.25, -0.2) is 9.14 Å². The lowest BCUT2D eigenvalue weighted by Gasteiger charge is -2.02. The Morgan fingerprint density at radius 2 is 2.04 bits per heavy atom. The van der Waals surface area contributed by atoms with Crippen LogP contribution in [-0.2, 0) is 11.1 Å². The molecule has 138 valence electrons. The molecule has 0 amide bonds. The van der Waals surface area contributed by atoms with Crippen molar-refractivity contribution in [3.63, 3.8) is 0 Å². The molecule has 0 aliphatic heterocycles. The summed E-state index contributed by atoms with van der Waals surface area (Å²) in [5, 5.41) is 0. The third-order valence-corrected chi connectivity index (χ3v) is 5.05. The van der Waals surface area contributed by atoms with E-state index in [1.165, 1.54) is 6.66 Å². The molecule has 0 spiro atoms. The fraction of sp³-hybridized carbons (Fsp3) is 0.300. The van der Waals surface area contributed by atoms with Crippen LogP contribution in [0.5, 0.6) is 0 Å². The minimum Gasteiger partial charge on any atom is -0.456 e. The van der Waals surface area contributed by atoms with Crippen LogP contribution >= 0.6 is 7.37 Å². The third kappa shape index (κ3) is 5.94. The Morgan fingerprint density at radius 3 is 2.62 bits per heavy atom. The van der Waals surface area contributed by atoms with E-state index in [1.54, 1.807) is 0 Å². The average Bonchev–Trinajstić information content (AvgIpc) is 3.10. The first-order valence-corrected chi connectivity index (χ1v) is 10.9. The van der Waals surface area contributed by atoms with Gasteiger partial charge in [0.1, 0.15) is 24.8 Å². The molecule has 1 N–H and O–H groups in total. The number of nitrogens with zero attached hydrogens (tertiary/aromatic N) is 2. The Balaban J connectivity index is 2.12. The van der Waals surface area contributed by atoms with Crippen molar-refractivity contribution >= 4 is 19.7 Å². The molecular weight excluding hydrogens is 347 g/mol. The SMILES string of the molecule is C=[N+](C=CC(=CC)c1ccc(-c2cc[n+](CCP(C)(=O)O)cc2)o1)CC. The molecule has 0 aliphatic rings. The molecule has 1 atom stereocenters. The van der Waals surface area contributed by atoms with Crippen molar-refractivity contribution in [3.8, 4) is 11.3 Å². The van der Waals surface area contributed by atoms with E-state index in [1.807, 2.05) is 78.0 Å². The number of aromatic nitrogens is 1. The van der Waals surface area contributed by atoms with Gasteiger partial charge >= 0.3 is 0 Å². The van der Waals surface area contributed by atoms with E-state index in [0.717, 1.165) is 29.2 Å². The van der Waals surface area contributed by atoms with Gasteiger partial charge in [-0.15, -0.1) is 0 Å². The van der Waals surface area contributed by atoms with E-state index in [9.17, 15) is 9.46 Å². The Hall–Kier alpha value is -2.23. The van der Waals surface area contributed by atoms with Gasteiger partial charge in [0.15, 0.2) is 25.1 Å². The maximum absolute atomic E-state index is 11.4. The van der Waals surface area contributed by atoms with E-state index in [4.69, 9.17) is 4.42 Å². The molecule has 0 aliphatic carbocycles. The van der Waals surface area contributed by atoms with Crippen molar-refractivity contribution in [1.82, 2.24) is 0 Å². The minimum atomic E-state index is -2.99. The summed E-state index contributed by atoms with van der Waals surface area (Å²) in [6.45, 7) is 10.6. The molecule has 6 heteroatoms. The van der Waals surface area contributed by atoms with Crippen molar-refractivity contribution in [2.24, 2.45) is 0 Å². The van der Waals surface area contributed by atoms with Crippen LogP contribution in [-0.4, -0.2) is 35.6 Å². The predicted molar refractivity (Wildman–Crippen MR) is 106 cm³/mol. The quantitative estimate of drug-likeness (QED) is 0.331. The summed E-state index contributed by atoms with van der Waals surface area (Å²) in [7, 11) is -2.99. The van der Waals surface area contributed by atoms with Gasteiger partial charge in [0.05, 0.1) is 6.16 Å². The maximum atomic E-state index is 11.4. The molecule has 2 heterocycles. The molecule has 0 fully saturated rings. The Bertz CT molecular complexity index is 857. The highest BCUT2D eigenvalue weighted by Gasteiger charge is 2.14. The number of furan rings is 1. The summed E-state index contributed by atoms with van der Waals surface area (Å²) in [6.07, 6.45) is 9.96. The van der Waals surface area contributed by atoms with E-state index in [-0.39, 0.29) is 6.16 Å². The largest absolute Gasteiger partial charge is 0.456 e. The Kier molecular flexibility index (Phi) is 6.90. The Labute approximate surface area is 155 Å². The molecule has 0 aromatic carbocycles. The minimum absolute atomic E-state index is 0.264. The summed E-state index contributed by atoms with van der Waals surface area (Å²) in [5.74, 6) is 1.58. The van der Waals surface area contributed by atoms with Crippen LogP contribution < -0.4 is 4.57 Å². The second kappa shape index (κ2) is 8.93. The van der Waals surface area contributed by atoms with E-state index < -0.39 is 7.37 Å². The van der Waals surface area contributed by atoms with Gasteiger partial charge in [0.2, 0.25) is 7.37 Å². The summed E-state index contributed by atoms with van der Waals surface area (Å²) >= 11 is 0. The number of aryl methyl sites for hydroxylation is 1. The van der Waals surface area contributed by atoms with Crippen LogP contribution in [0.2, 0.25) is 0 Å². The van der Waals surface area contributed by atoms with Gasteiger partial charge in [0.25, 0.3) is 0 Å². The first-order valence-electron chi connectivity index (χ1n) is 8.63. The smallest absolute Gasteiger partial charge is 0.203 e. The fourth-order valence-electron chi connectivity index (χ4n) is 2.33. The highest BCUT2D eigenvalue weighted by Crippen LogP contribution is 2.34. The first-order chi connectivity index (χ1) is 12.3. The van der Waals surface area contributed by atoms with Crippen molar-refractivity contribution in [2.75, 3.05) is 19.4 Å². The van der Waals surface area contributed by atoms with Crippen molar-refractivity contribution in [3.05, 3.63) is 60.8 Å².